The summed E-state index contributed by atoms with van der Waals surface area (Å²) in [6.45, 7) is 12.1. The second-order valence-electron chi connectivity index (χ2n) is 10.1. The van der Waals surface area contributed by atoms with E-state index in [1.54, 1.807) is 47.0 Å². The van der Waals surface area contributed by atoms with E-state index < -0.39 is 17.7 Å². The van der Waals surface area contributed by atoms with E-state index >= 15 is 0 Å². The number of carbonyl (C=O) groups excluding carboxylic acids is 2. The van der Waals surface area contributed by atoms with Crippen molar-refractivity contribution >= 4 is 29.5 Å². The van der Waals surface area contributed by atoms with Crippen LogP contribution in [0.2, 0.25) is 0 Å². The van der Waals surface area contributed by atoms with Gasteiger partial charge in [-0.05, 0) is 71.2 Å². The zero-order valence-electron chi connectivity index (χ0n) is 23.9. The first kappa shape index (κ1) is 30.9. The van der Waals surface area contributed by atoms with Gasteiger partial charge in [-0.1, -0.05) is 18.8 Å². The van der Waals surface area contributed by atoms with Crippen LogP contribution in [0.5, 0.6) is 0 Å². The van der Waals surface area contributed by atoms with Crippen LogP contribution in [-0.2, 0) is 9.53 Å². The van der Waals surface area contributed by atoms with Gasteiger partial charge in [0.25, 0.3) is 0 Å². The van der Waals surface area contributed by atoms with Crippen molar-refractivity contribution in [3.05, 3.63) is 41.1 Å². The third-order valence-electron chi connectivity index (χ3n) is 5.58. The van der Waals surface area contributed by atoms with E-state index in [4.69, 9.17) is 10.00 Å². The van der Waals surface area contributed by atoms with Crippen LogP contribution in [0.4, 0.5) is 22.2 Å². The topological polar surface area (TPSA) is 132 Å². The molecule has 2 rings (SSSR count). The van der Waals surface area contributed by atoms with Crippen molar-refractivity contribution in [3.63, 3.8) is 0 Å². The lowest BCUT2D eigenvalue weighted by Crippen LogP contribution is -2.47. The molecule has 10 heteroatoms. The van der Waals surface area contributed by atoms with Gasteiger partial charge in [-0.15, -0.1) is 0 Å². The number of aryl methyl sites for hydroxylation is 1. The smallest absolute Gasteiger partial charge is 0.410 e. The van der Waals surface area contributed by atoms with Crippen molar-refractivity contribution in [1.82, 2.24) is 20.2 Å². The fraction of sp³-hybridized carbons (Fsp3) is 0.483. The maximum Gasteiger partial charge on any atom is 0.410 e. The van der Waals surface area contributed by atoms with Crippen molar-refractivity contribution in [3.8, 4) is 17.9 Å². The Morgan fingerprint density at radius 3 is 2.59 bits per heavy atom. The van der Waals surface area contributed by atoms with E-state index in [0.29, 0.717) is 42.3 Å². The fourth-order valence-electron chi connectivity index (χ4n) is 3.27. The van der Waals surface area contributed by atoms with E-state index in [1.165, 1.54) is 4.90 Å². The number of nitrogens with zero attached hydrogens (tertiary/aromatic N) is 4. The van der Waals surface area contributed by atoms with Gasteiger partial charge < -0.3 is 20.7 Å². The molecular formula is C29H39N7O3. The number of hydrogen-bond acceptors (Lipinski definition) is 8. The number of nitrogens with one attached hydrogen (secondary N) is 3. The van der Waals surface area contributed by atoms with Gasteiger partial charge >= 0.3 is 6.09 Å². The van der Waals surface area contributed by atoms with Crippen molar-refractivity contribution in [2.24, 2.45) is 0 Å². The largest absolute Gasteiger partial charge is 0.444 e. The van der Waals surface area contributed by atoms with Gasteiger partial charge in [0, 0.05) is 32.2 Å². The average molecular weight is 534 g/mol. The van der Waals surface area contributed by atoms with E-state index in [-0.39, 0.29) is 5.91 Å². The summed E-state index contributed by atoms with van der Waals surface area (Å²) in [5.74, 6) is 7.05. The molecule has 0 unspecified atom stereocenters. The Balaban J connectivity index is 1.93. The third kappa shape index (κ3) is 10.2. The summed E-state index contributed by atoms with van der Waals surface area (Å²) < 4.78 is 5.31. The van der Waals surface area contributed by atoms with Gasteiger partial charge in [0.15, 0.2) is 0 Å². The second kappa shape index (κ2) is 14.6. The number of amides is 2. The van der Waals surface area contributed by atoms with Gasteiger partial charge in [-0.2, -0.15) is 10.2 Å². The summed E-state index contributed by atoms with van der Waals surface area (Å²) in [6, 6.07) is 6.96. The molecule has 0 saturated heterocycles. The highest BCUT2D eigenvalue weighted by molar-refractivity contribution is 5.85. The highest BCUT2D eigenvalue weighted by Gasteiger charge is 2.26. The number of benzene rings is 1. The minimum absolute atomic E-state index is 0.253. The molecule has 2 aromatic rings. The number of anilines is 3. The van der Waals surface area contributed by atoms with E-state index in [1.807, 2.05) is 19.1 Å². The Labute approximate surface area is 231 Å². The number of carbonyl (C=O) groups is 2. The molecule has 10 nitrogen and oxygen atoms in total. The Morgan fingerprint density at radius 2 is 1.95 bits per heavy atom. The maximum atomic E-state index is 12.4. The molecule has 208 valence electrons. The molecule has 0 spiro atoms. The van der Waals surface area contributed by atoms with Gasteiger partial charge in [0.05, 0.1) is 23.4 Å². The van der Waals surface area contributed by atoms with Crippen LogP contribution >= 0.6 is 0 Å². The molecule has 39 heavy (non-hydrogen) atoms. The van der Waals surface area contributed by atoms with E-state index in [9.17, 15) is 9.59 Å². The van der Waals surface area contributed by atoms with Gasteiger partial charge in [-0.25, -0.2) is 9.78 Å². The predicted octanol–water partition coefficient (Wildman–Crippen LogP) is 4.73. The number of ether oxygens (including phenoxy) is 1. The van der Waals surface area contributed by atoms with Crippen LogP contribution in [0.25, 0.3) is 0 Å². The number of hydrogen-bond donors (Lipinski definition) is 3. The third-order valence-corrected chi connectivity index (χ3v) is 5.58. The molecule has 0 aliphatic carbocycles. The Morgan fingerprint density at radius 1 is 1.21 bits per heavy atom. The summed E-state index contributed by atoms with van der Waals surface area (Å²) in [7, 11) is 1.54. The molecule has 1 atom stereocenters. The standard InChI is InChI=1S/C29H39N7O3/c1-8-15-31-25-23(19-33-27(35-25)34-24-14-13-22(18-30)20(2)17-24)12-10-9-11-16-32-26(37)21(3)36(7)28(38)39-29(4,5)6/h13-14,17,19,21H,8-9,11,15-16H2,1-7H3,(H,32,37)(H2,31,33,34,35)/t21-/m0/s1. The average Bonchev–Trinajstić information content (AvgIpc) is 2.88. The van der Waals surface area contributed by atoms with Crippen molar-refractivity contribution in [2.75, 3.05) is 30.8 Å². The van der Waals surface area contributed by atoms with Crippen LogP contribution < -0.4 is 16.0 Å². The molecule has 0 bridgehead atoms. The SMILES string of the molecule is CCCNc1nc(Nc2ccc(C#N)c(C)c2)ncc1C#CCCCNC(=O)[C@H](C)N(C)C(=O)OC(C)(C)C. The molecule has 0 radical (unpaired) electrons. The summed E-state index contributed by atoms with van der Waals surface area (Å²) >= 11 is 0. The minimum atomic E-state index is -0.657. The second-order valence-corrected chi connectivity index (χ2v) is 10.1. The first-order chi connectivity index (χ1) is 18.4. The zero-order chi connectivity index (χ0) is 29.0. The fourth-order valence-corrected chi connectivity index (χ4v) is 3.27. The Bertz CT molecular complexity index is 1250. The van der Waals surface area contributed by atoms with E-state index in [2.05, 4.69) is 50.8 Å². The van der Waals surface area contributed by atoms with Gasteiger partial charge in [-0.3, -0.25) is 9.69 Å². The van der Waals surface area contributed by atoms with Gasteiger partial charge in [0.2, 0.25) is 11.9 Å². The molecule has 0 aliphatic rings. The summed E-state index contributed by atoms with van der Waals surface area (Å²) in [5.41, 5.74) is 2.34. The molecule has 3 N–H and O–H groups in total. The molecule has 1 heterocycles. The zero-order valence-corrected chi connectivity index (χ0v) is 23.9. The molecule has 0 fully saturated rings. The number of rotatable bonds is 10. The molecule has 1 aromatic carbocycles. The van der Waals surface area contributed by atoms with Crippen LogP contribution in [0.15, 0.2) is 24.4 Å². The first-order valence-corrected chi connectivity index (χ1v) is 13.1. The van der Waals surface area contributed by atoms with Crippen molar-refractivity contribution in [1.29, 1.82) is 5.26 Å². The minimum Gasteiger partial charge on any atom is -0.444 e. The van der Waals surface area contributed by atoms with Crippen LogP contribution in [0.1, 0.15) is 70.6 Å². The molecular weight excluding hydrogens is 494 g/mol. The lowest BCUT2D eigenvalue weighted by atomic mass is 10.1. The summed E-state index contributed by atoms with van der Waals surface area (Å²) in [4.78, 5) is 34.9. The first-order valence-electron chi connectivity index (χ1n) is 13.1. The summed E-state index contributed by atoms with van der Waals surface area (Å²) in [6.07, 6.45) is 3.27. The van der Waals surface area contributed by atoms with E-state index in [0.717, 1.165) is 24.2 Å². The lowest BCUT2D eigenvalue weighted by Gasteiger charge is -2.28. The van der Waals surface area contributed by atoms with Crippen molar-refractivity contribution in [2.45, 2.75) is 72.4 Å². The Hall–Kier alpha value is -4.31. The maximum absolute atomic E-state index is 12.4. The summed E-state index contributed by atoms with van der Waals surface area (Å²) in [5, 5.41) is 18.4. The molecule has 2 amide bonds. The molecule has 0 saturated carbocycles. The number of unbranched alkanes of at least 4 members (excludes halogenated alkanes) is 1. The van der Waals surface area contributed by atoms with Crippen molar-refractivity contribution < 1.29 is 14.3 Å². The molecule has 0 aliphatic heterocycles. The predicted molar refractivity (Wildman–Crippen MR) is 153 cm³/mol. The van der Waals surface area contributed by atoms with Crippen LogP contribution in [-0.4, -0.2) is 58.6 Å². The highest BCUT2D eigenvalue weighted by Crippen LogP contribution is 2.20. The van der Waals surface area contributed by atoms with Gasteiger partial charge in [0.1, 0.15) is 17.5 Å². The quantitative estimate of drug-likeness (QED) is 0.295. The monoisotopic (exact) mass is 533 g/mol. The number of likely N-dealkylation sites (N-methyl/N-ethyl adjacent to an activating group) is 1. The highest BCUT2D eigenvalue weighted by atomic mass is 16.6. The lowest BCUT2D eigenvalue weighted by molar-refractivity contribution is -0.125. The van der Waals surface area contributed by atoms with Crippen LogP contribution in [0.3, 0.4) is 0 Å². The molecule has 1 aromatic heterocycles. The Kier molecular flexibility index (Phi) is 11.6. The van der Waals surface area contributed by atoms with Crippen LogP contribution in [0, 0.1) is 30.1 Å². The number of aromatic nitrogens is 2. The number of nitriles is 1. The normalized spacial score (nSPS) is 11.3.